The van der Waals surface area contributed by atoms with Crippen LogP contribution in [0.15, 0.2) is 18.2 Å². The van der Waals surface area contributed by atoms with E-state index in [0.29, 0.717) is 24.5 Å². The Morgan fingerprint density at radius 3 is 2.68 bits per heavy atom. The largest absolute Gasteiger partial charge is 0.423 e. The van der Waals surface area contributed by atoms with E-state index < -0.39 is 18.1 Å². The number of nitrogens with zero attached hydrogens (tertiary/aromatic N) is 3. The maximum Gasteiger partial charge on any atom is 0.416 e. The Hall–Kier alpha value is -2.35. The van der Waals surface area contributed by atoms with Gasteiger partial charge >= 0.3 is 6.09 Å². The zero-order chi connectivity index (χ0) is 18.4. The average Bonchev–Trinajstić information content (AvgIpc) is 2.93. The van der Waals surface area contributed by atoms with E-state index >= 15 is 0 Å². The monoisotopic (exact) mass is 351 g/mol. The summed E-state index contributed by atoms with van der Waals surface area (Å²) in [6.45, 7) is 4.75. The Labute approximate surface area is 145 Å². The van der Waals surface area contributed by atoms with Crippen molar-refractivity contribution in [1.29, 1.82) is 0 Å². The fourth-order valence-corrected chi connectivity index (χ4v) is 3.04. The molecule has 25 heavy (non-hydrogen) atoms. The number of cyclic esters (lactones) is 1. The van der Waals surface area contributed by atoms with Crippen LogP contribution in [0.2, 0.25) is 0 Å². The van der Waals surface area contributed by atoms with Gasteiger partial charge in [-0.1, -0.05) is 0 Å². The lowest BCUT2D eigenvalue weighted by Crippen LogP contribution is -2.61. The molecule has 0 spiro atoms. The highest BCUT2D eigenvalue weighted by Crippen LogP contribution is 2.34. The van der Waals surface area contributed by atoms with E-state index in [9.17, 15) is 14.0 Å². The molecule has 1 atom stereocenters. The Bertz CT molecular complexity index is 705. The van der Waals surface area contributed by atoms with E-state index in [4.69, 9.17) is 9.47 Å². The molecule has 1 aromatic rings. The van der Waals surface area contributed by atoms with Gasteiger partial charge in [-0.05, 0) is 25.1 Å². The highest BCUT2D eigenvalue weighted by atomic mass is 19.1. The van der Waals surface area contributed by atoms with Crippen molar-refractivity contribution >= 4 is 23.4 Å². The number of benzene rings is 1. The van der Waals surface area contributed by atoms with E-state index in [2.05, 4.69) is 0 Å². The maximum absolute atomic E-state index is 14.5. The topological polar surface area (TPSA) is 62.3 Å². The molecule has 1 unspecified atom stereocenters. The smallest absolute Gasteiger partial charge is 0.416 e. The molecule has 2 aliphatic rings. The number of halogens is 1. The summed E-state index contributed by atoms with van der Waals surface area (Å²) in [7, 11) is 3.20. The third-order valence-electron chi connectivity index (χ3n) is 4.85. The van der Waals surface area contributed by atoms with Gasteiger partial charge in [0, 0.05) is 34.2 Å². The van der Waals surface area contributed by atoms with E-state index in [0.717, 1.165) is 0 Å². The van der Waals surface area contributed by atoms with Crippen LogP contribution in [0, 0.1) is 5.82 Å². The third-order valence-corrected chi connectivity index (χ3v) is 4.85. The van der Waals surface area contributed by atoms with Gasteiger partial charge in [0.25, 0.3) is 0 Å². The first-order valence-corrected chi connectivity index (χ1v) is 8.05. The van der Waals surface area contributed by atoms with Gasteiger partial charge in [-0.25, -0.2) is 9.18 Å². The van der Waals surface area contributed by atoms with E-state index in [1.165, 1.54) is 22.8 Å². The molecule has 1 aromatic carbocycles. The molecule has 2 heterocycles. The quantitative estimate of drug-likeness (QED) is 0.828. The number of anilines is 2. The number of carbonyl (C=O) groups is 2. The summed E-state index contributed by atoms with van der Waals surface area (Å²) in [5, 5.41) is 0. The molecule has 2 fully saturated rings. The van der Waals surface area contributed by atoms with Gasteiger partial charge in [0.2, 0.25) is 5.91 Å². The second-order valence-electron chi connectivity index (χ2n) is 6.72. The predicted molar refractivity (Wildman–Crippen MR) is 90.1 cm³/mol. The van der Waals surface area contributed by atoms with Crippen LogP contribution in [0.1, 0.15) is 13.8 Å². The first kappa shape index (κ1) is 17.5. The second-order valence-corrected chi connectivity index (χ2v) is 6.72. The molecular weight excluding hydrogens is 329 g/mol. The molecule has 0 aromatic heterocycles. The number of amides is 2. The van der Waals surface area contributed by atoms with Crippen molar-refractivity contribution in [2.45, 2.75) is 25.7 Å². The molecule has 2 aliphatic heterocycles. The van der Waals surface area contributed by atoms with Crippen molar-refractivity contribution in [3.05, 3.63) is 24.0 Å². The highest BCUT2D eigenvalue weighted by molar-refractivity contribution is 5.90. The van der Waals surface area contributed by atoms with E-state index in [1.807, 2.05) is 11.8 Å². The molecule has 0 saturated carbocycles. The third kappa shape index (κ3) is 3.13. The molecule has 0 N–H and O–H groups in total. The number of carbonyl (C=O) groups excluding carboxylic acids is 2. The van der Waals surface area contributed by atoms with Crippen LogP contribution in [-0.2, 0) is 14.3 Å². The number of hydrogen-bond donors (Lipinski definition) is 0. The zero-order valence-corrected chi connectivity index (χ0v) is 14.8. The number of methoxy groups -OCH3 is 1. The SMILES string of the molecule is COC1(C)CN(c2ccc(N3CC(N(C)C(C)=O)OC3=O)cc2F)C1. The summed E-state index contributed by atoms with van der Waals surface area (Å²) < 4.78 is 25.1. The highest BCUT2D eigenvalue weighted by Gasteiger charge is 2.40. The van der Waals surface area contributed by atoms with Gasteiger partial charge in [0.05, 0.1) is 23.5 Å². The minimum absolute atomic E-state index is 0.166. The molecule has 136 valence electrons. The second kappa shape index (κ2) is 6.18. The summed E-state index contributed by atoms with van der Waals surface area (Å²) in [4.78, 5) is 28.0. The van der Waals surface area contributed by atoms with Crippen LogP contribution in [0.25, 0.3) is 0 Å². The van der Waals surface area contributed by atoms with Gasteiger partial charge in [0.1, 0.15) is 5.82 Å². The molecule has 2 saturated heterocycles. The lowest BCUT2D eigenvalue weighted by atomic mass is 9.95. The Kier molecular flexibility index (Phi) is 4.32. The number of rotatable bonds is 4. The Morgan fingerprint density at radius 2 is 2.12 bits per heavy atom. The normalized spacial score (nSPS) is 21.8. The average molecular weight is 351 g/mol. The van der Waals surface area contributed by atoms with Crippen LogP contribution < -0.4 is 9.80 Å². The molecule has 0 bridgehead atoms. The van der Waals surface area contributed by atoms with Crippen molar-refractivity contribution in [3.63, 3.8) is 0 Å². The molecule has 0 aliphatic carbocycles. The Balaban J connectivity index is 1.73. The zero-order valence-electron chi connectivity index (χ0n) is 14.8. The summed E-state index contributed by atoms with van der Waals surface area (Å²) >= 11 is 0. The van der Waals surface area contributed by atoms with Crippen molar-refractivity contribution < 1.29 is 23.5 Å². The molecule has 0 radical (unpaired) electrons. The van der Waals surface area contributed by atoms with Crippen LogP contribution in [-0.4, -0.2) is 62.5 Å². The van der Waals surface area contributed by atoms with Crippen LogP contribution in [0.4, 0.5) is 20.6 Å². The van der Waals surface area contributed by atoms with Crippen molar-refractivity contribution in [2.24, 2.45) is 0 Å². The summed E-state index contributed by atoms with van der Waals surface area (Å²) in [6.07, 6.45) is -1.27. The van der Waals surface area contributed by atoms with Crippen molar-refractivity contribution in [2.75, 3.05) is 43.6 Å². The van der Waals surface area contributed by atoms with Crippen LogP contribution >= 0.6 is 0 Å². The van der Waals surface area contributed by atoms with Gasteiger partial charge in [0.15, 0.2) is 6.23 Å². The number of likely N-dealkylation sites (N-methyl/N-ethyl adjacent to an activating group) is 1. The minimum atomic E-state index is -0.675. The molecule has 3 rings (SSSR count). The first-order chi connectivity index (χ1) is 11.7. The summed E-state index contributed by atoms with van der Waals surface area (Å²) in [5.74, 6) is -0.619. The fraction of sp³-hybridized carbons (Fsp3) is 0.529. The fourth-order valence-electron chi connectivity index (χ4n) is 3.04. The van der Waals surface area contributed by atoms with Gasteiger partial charge in [-0.2, -0.15) is 0 Å². The van der Waals surface area contributed by atoms with E-state index in [1.54, 1.807) is 26.3 Å². The van der Waals surface area contributed by atoms with Crippen molar-refractivity contribution in [1.82, 2.24) is 4.90 Å². The molecule has 8 heteroatoms. The lowest BCUT2D eigenvalue weighted by Gasteiger charge is -2.48. The molecule has 7 nitrogen and oxygen atoms in total. The van der Waals surface area contributed by atoms with Gasteiger partial charge in [-0.3, -0.25) is 9.69 Å². The Morgan fingerprint density at radius 1 is 1.44 bits per heavy atom. The molecule has 2 amide bonds. The first-order valence-electron chi connectivity index (χ1n) is 8.05. The van der Waals surface area contributed by atoms with Crippen LogP contribution in [0.3, 0.4) is 0 Å². The van der Waals surface area contributed by atoms with Crippen molar-refractivity contribution in [3.8, 4) is 0 Å². The minimum Gasteiger partial charge on any atom is -0.423 e. The van der Waals surface area contributed by atoms with Crippen LogP contribution in [0.5, 0.6) is 0 Å². The van der Waals surface area contributed by atoms with Gasteiger partial charge in [-0.15, -0.1) is 0 Å². The standard InChI is InChI=1S/C17H22FN3O4/c1-11(22)19(3)15-8-21(16(23)25-15)12-5-6-14(13(18)7-12)20-9-17(2,10-20)24-4/h5-7,15H,8-10H2,1-4H3. The lowest BCUT2D eigenvalue weighted by molar-refractivity contribution is -0.134. The summed E-state index contributed by atoms with van der Waals surface area (Å²) in [5.41, 5.74) is 0.623. The summed E-state index contributed by atoms with van der Waals surface area (Å²) in [6, 6.07) is 4.64. The maximum atomic E-state index is 14.5. The number of hydrogen-bond acceptors (Lipinski definition) is 5. The number of ether oxygens (including phenoxy) is 2. The van der Waals surface area contributed by atoms with Gasteiger partial charge < -0.3 is 19.3 Å². The predicted octanol–water partition coefficient (Wildman–Crippen LogP) is 1.81. The molecular formula is C17H22FN3O4. The van der Waals surface area contributed by atoms with E-state index in [-0.39, 0.29) is 18.1 Å².